The average molecular weight is 353 g/mol. The number of rotatable bonds is 7. The first kappa shape index (κ1) is 18.6. The fourth-order valence-corrected chi connectivity index (χ4v) is 1.99. The zero-order valence-electron chi connectivity index (χ0n) is 13.6. The molecule has 0 unspecified atom stereocenters. The molecule has 1 amide bonds. The van der Waals surface area contributed by atoms with Gasteiger partial charge in [-0.3, -0.25) is 4.79 Å². The molecule has 0 heterocycles. The number of alkyl halides is 3. The molecule has 0 aliphatic carbocycles. The molecule has 2 rings (SSSR count). The van der Waals surface area contributed by atoms with E-state index in [9.17, 15) is 18.0 Å². The van der Waals surface area contributed by atoms with Crippen molar-refractivity contribution >= 4 is 5.91 Å². The van der Waals surface area contributed by atoms with Crippen LogP contribution < -0.4 is 14.8 Å². The first-order chi connectivity index (χ1) is 11.8. The molecular weight excluding hydrogens is 335 g/mol. The van der Waals surface area contributed by atoms with Crippen molar-refractivity contribution in [3.05, 3.63) is 59.7 Å². The van der Waals surface area contributed by atoms with Crippen molar-refractivity contribution in [3.63, 3.8) is 0 Å². The van der Waals surface area contributed by atoms with Gasteiger partial charge in [0.2, 0.25) is 5.91 Å². The molecule has 0 aliphatic heterocycles. The van der Waals surface area contributed by atoms with Gasteiger partial charge in [0, 0.05) is 6.54 Å². The molecule has 0 aliphatic rings. The normalized spacial score (nSPS) is 11.0. The third-order valence-electron chi connectivity index (χ3n) is 3.27. The molecule has 2 aromatic carbocycles. The van der Waals surface area contributed by atoms with E-state index in [0.29, 0.717) is 11.3 Å². The SMILES string of the molecule is Cc1ccc(OCCC(=O)NCc2ccc(OC(F)(F)F)cc2)cc1. The van der Waals surface area contributed by atoms with E-state index in [0.717, 1.165) is 5.56 Å². The molecule has 7 heteroatoms. The number of ether oxygens (including phenoxy) is 2. The van der Waals surface area contributed by atoms with Gasteiger partial charge in [-0.25, -0.2) is 0 Å². The highest BCUT2D eigenvalue weighted by Gasteiger charge is 2.30. The summed E-state index contributed by atoms with van der Waals surface area (Å²) in [5, 5.41) is 2.68. The lowest BCUT2D eigenvalue weighted by Crippen LogP contribution is -2.24. The molecule has 134 valence electrons. The van der Waals surface area contributed by atoms with E-state index in [-0.39, 0.29) is 31.2 Å². The van der Waals surface area contributed by atoms with Gasteiger partial charge in [-0.05, 0) is 36.8 Å². The molecule has 0 saturated carbocycles. The van der Waals surface area contributed by atoms with Gasteiger partial charge in [0.25, 0.3) is 0 Å². The standard InChI is InChI=1S/C18H18F3NO3/c1-13-2-6-15(7-3-13)24-11-10-17(23)22-12-14-4-8-16(9-5-14)25-18(19,20)21/h2-9H,10-12H2,1H3,(H,22,23). The summed E-state index contributed by atoms with van der Waals surface area (Å²) in [7, 11) is 0. The second kappa shape index (κ2) is 8.41. The van der Waals surface area contributed by atoms with Gasteiger partial charge in [0.1, 0.15) is 11.5 Å². The van der Waals surface area contributed by atoms with Gasteiger partial charge in [-0.1, -0.05) is 29.8 Å². The van der Waals surface area contributed by atoms with Crippen LogP contribution in [0.25, 0.3) is 0 Å². The predicted molar refractivity (Wildman–Crippen MR) is 86.3 cm³/mol. The van der Waals surface area contributed by atoms with E-state index in [1.165, 1.54) is 24.3 Å². The van der Waals surface area contributed by atoms with E-state index in [2.05, 4.69) is 10.1 Å². The van der Waals surface area contributed by atoms with Crippen LogP contribution in [0.5, 0.6) is 11.5 Å². The van der Waals surface area contributed by atoms with Gasteiger partial charge in [-0.15, -0.1) is 13.2 Å². The van der Waals surface area contributed by atoms with E-state index in [1.807, 2.05) is 31.2 Å². The molecule has 0 bridgehead atoms. The van der Waals surface area contributed by atoms with Crippen LogP contribution in [0, 0.1) is 6.92 Å². The van der Waals surface area contributed by atoms with E-state index < -0.39 is 6.36 Å². The summed E-state index contributed by atoms with van der Waals surface area (Å²) in [5.74, 6) is 0.190. The molecular formula is C18H18F3NO3. The van der Waals surface area contributed by atoms with Gasteiger partial charge >= 0.3 is 6.36 Å². The third kappa shape index (κ3) is 7.15. The summed E-state index contributed by atoms with van der Waals surface area (Å²) >= 11 is 0. The first-order valence-electron chi connectivity index (χ1n) is 7.63. The van der Waals surface area contributed by atoms with Crippen LogP contribution in [-0.4, -0.2) is 18.9 Å². The number of nitrogens with one attached hydrogen (secondary N) is 1. The average Bonchev–Trinajstić information content (AvgIpc) is 2.55. The maximum absolute atomic E-state index is 12.1. The quantitative estimate of drug-likeness (QED) is 0.819. The highest BCUT2D eigenvalue weighted by Crippen LogP contribution is 2.22. The number of carbonyl (C=O) groups excluding carboxylic acids is 1. The summed E-state index contributed by atoms with van der Waals surface area (Å²) in [4.78, 5) is 11.8. The van der Waals surface area contributed by atoms with Crippen LogP contribution in [0.3, 0.4) is 0 Å². The predicted octanol–water partition coefficient (Wildman–Crippen LogP) is 3.98. The second-order valence-corrected chi connectivity index (χ2v) is 5.38. The number of aryl methyl sites for hydroxylation is 1. The van der Waals surface area contributed by atoms with Gasteiger partial charge in [0.15, 0.2) is 0 Å². The van der Waals surface area contributed by atoms with E-state index in [1.54, 1.807) is 0 Å². The van der Waals surface area contributed by atoms with Crippen LogP contribution in [0.1, 0.15) is 17.5 Å². The number of carbonyl (C=O) groups is 1. The van der Waals surface area contributed by atoms with Crippen LogP contribution in [0.15, 0.2) is 48.5 Å². The van der Waals surface area contributed by atoms with Crippen molar-refractivity contribution < 1.29 is 27.4 Å². The monoisotopic (exact) mass is 353 g/mol. The van der Waals surface area contributed by atoms with E-state index >= 15 is 0 Å². The molecule has 0 fully saturated rings. The Labute approximate surface area is 143 Å². The highest BCUT2D eigenvalue weighted by molar-refractivity contribution is 5.76. The zero-order valence-corrected chi connectivity index (χ0v) is 13.6. The molecule has 4 nitrogen and oxygen atoms in total. The summed E-state index contributed by atoms with van der Waals surface area (Å²) in [6, 6.07) is 12.8. The summed E-state index contributed by atoms with van der Waals surface area (Å²) in [5.41, 5.74) is 1.79. The Kier molecular flexibility index (Phi) is 6.27. The molecule has 0 aromatic heterocycles. The highest BCUT2D eigenvalue weighted by atomic mass is 19.4. The van der Waals surface area contributed by atoms with Gasteiger partial charge in [-0.2, -0.15) is 0 Å². The van der Waals surface area contributed by atoms with Gasteiger partial charge < -0.3 is 14.8 Å². The summed E-state index contributed by atoms with van der Waals surface area (Å²) in [6.07, 6.45) is -4.53. The van der Waals surface area contributed by atoms with Crippen LogP contribution in [0.2, 0.25) is 0 Å². The largest absolute Gasteiger partial charge is 0.573 e. The smallest absolute Gasteiger partial charge is 0.493 e. The number of hydrogen-bond acceptors (Lipinski definition) is 3. The number of halogens is 3. The Bertz CT molecular complexity index is 682. The summed E-state index contributed by atoms with van der Waals surface area (Å²) < 4.78 is 45.4. The van der Waals surface area contributed by atoms with Crippen molar-refractivity contribution in [1.29, 1.82) is 0 Å². The molecule has 2 aromatic rings. The molecule has 0 atom stereocenters. The fourth-order valence-electron chi connectivity index (χ4n) is 1.99. The first-order valence-corrected chi connectivity index (χ1v) is 7.63. The van der Waals surface area contributed by atoms with Crippen molar-refractivity contribution in [2.45, 2.75) is 26.3 Å². The number of benzene rings is 2. The Hall–Kier alpha value is -2.70. The molecule has 0 spiro atoms. The van der Waals surface area contributed by atoms with Crippen LogP contribution >= 0.6 is 0 Å². The third-order valence-corrected chi connectivity index (χ3v) is 3.27. The summed E-state index contributed by atoms with van der Waals surface area (Å²) in [6.45, 7) is 2.43. The maximum Gasteiger partial charge on any atom is 0.573 e. The number of amides is 1. The minimum absolute atomic E-state index is 0.184. The molecule has 25 heavy (non-hydrogen) atoms. The topological polar surface area (TPSA) is 47.6 Å². The molecule has 0 radical (unpaired) electrons. The lowest BCUT2D eigenvalue weighted by Gasteiger charge is -2.10. The van der Waals surface area contributed by atoms with Crippen molar-refractivity contribution in [2.75, 3.05) is 6.61 Å². The van der Waals surface area contributed by atoms with Crippen LogP contribution in [-0.2, 0) is 11.3 Å². The van der Waals surface area contributed by atoms with Crippen molar-refractivity contribution in [1.82, 2.24) is 5.32 Å². The maximum atomic E-state index is 12.1. The van der Waals surface area contributed by atoms with Gasteiger partial charge in [0.05, 0.1) is 13.0 Å². The fraction of sp³-hybridized carbons (Fsp3) is 0.278. The Balaban J connectivity index is 1.70. The Morgan fingerprint density at radius 3 is 2.20 bits per heavy atom. The zero-order chi connectivity index (χ0) is 18.3. The van der Waals surface area contributed by atoms with E-state index in [4.69, 9.17) is 4.74 Å². The van der Waals surface area contributed by atoms with Crippen molar-refractivity contribution in [2.24, 2.45) is 0 Å². The minimum atomic E-state index is -4.72. The Morgan fingerprint density at radius 2 is 1.60 bits per heavy atom. The lowest BCUT2D eigenvalue weighted by molar-refractivity contribution is -0.274. The number of hydrogen-bond donors (Lipinski definition) is 1. The van der Waals surface area contributed by atoms with Crippen LogP contribution in [0.4, 0.5) is 13.2 Å². The Morgan fingerprint density at radius 1 is 1.00 bits per heavy atom. The second-order valence-electron chi connectivity index (χ2n) is 5.38. The van der Waals surface area contributed by atoms with Crippen molar-refractivity contribution in [3.8, 4) is 11.5 Å². The lowest BCUT2D eigenvalue weighted by atomic mass is 10.2. The molecule has 0 saturated heterocycles. The minimum Gasteiger partial charge on any atom is -0.493 e. The molecule has 1 N–H and O–H groups in total.